The SMILES string of the molecule is NCCCCCC(=O)Nc1ccc(C(=O)O)cc1Br. The van der Waals surface area contributed by atoms with Crippen LogP contribution in [0.5, 0.6) is 0 Å². The minimum Gasteiger partial charge on any atom is -0.478 e. The number of nitrogens with two attached hydrogens (primary N) is 1. The summed E-state index contributed by atoms with van der Waals surface area (Å²) < 4.78 is 0.558. The fourth-order valence-corrected chi connectivity index (χ4v) is 2.05. The zero-order chi connectivity index (χ0) is 14.3. The number of unbranched alkanes of at least 4 members (excludes halogenated alkanes) is 2. The highest BCUT2D eigenvalue weighted by Gasteiger charge is 2.09. The molecule has 1 aromatic rings. The van der Waals surface area contributed by atoms with Gasteiger partial charge in [-0.1, -0.05) is 6.42 Å². The second-order valence-electron chi connectivity index (χ2n) is 4.15. The molecule has 0 fully saturated rings. The summed E-state index contributed by atoms with van der Waals surface area (Å²) in [4.78, 5) is 22.4. The van der Waals surface area contributed by atoms with E-state index in [0.29, 0.717) is 23.1 Å². The van der Waals surface area contributed by atoms with Gasteiger partial charge in [0.1, 0.15) is 0 Å². The van der Waals surface area contributed by atoms with Crippen LogP contribution in [0.25, 0.3) is 0 Å². The highest BCUT2D eigenvalue weighted by atomic mass is 79.9. The third-order valence-corrected chi connectivity index (χ3v) is 3.25. The molecule has 1 rings (SSSR count). The fourth-order valence-electron chi connectivity index (χ4n) is 1.57. The molecule has 1 amide bonds. The monoisotopic (exact) mass is 328 g/mol. The first-order valence-corrected chi connectivity index (χ1v) is 6.86. The topological polar surface area (TPSA) is 92.4 Å². The molecule has 4 N–H and O–H groups in total. The van der Waals surface area contributed by atoms with Gasteiger partial charge in [0.15, 0.2) is 0 Å². The van der Waals surface area contributed by atoms with Crippen molar-refractivity contribution in [1.29, 1.82) is 0 Å². The second-order valence-corrected chi connectivity index (χ2v) is 5.00. The second kappa shape index (κ2) is 7.91. The van der Waals surface area contributed by atoms with Crippen molar-refractivity contribution in [3.8, 4) is 0 Å². The van der Waals surface area contributed by atoms with Crippen molar-refractivity contribution in [2.24, 2.45) is 5.73 Å². The zero-order valence-electron chi connectivity index (χ0n) is 10.5. The first-order chi connectivity index (χ1) is 9.04. The lowest BCUT2D eigenvalue weighted by Crippen LogP contribution is -2.12. The molecule has 0 saturated heterocycles. The molecular weight excluding hydrogens is 312 g/mol. The minimum absolute atomic E-state index is 0.0826. The van der Waals surface area contributed by atoms with Crippen LogP contribution in [0.15, 0.2) is 22.7 Å². The lowest BCUT2D eigenvalue weighted by molar-refractivity contribution is -0.116. The Balaban J connectivity index is 2.52. The minimum atomic E-state index is -1.000. The van der Waals surface area contributed by atoms with Crippen molar-refractivity contribution in [3.05, 3.63) is 28.2 Å². The van der Waals surface area contributed by atoms with E-state index in [-0.39, 0.29) is 11.5 Å². The number of carbonyl (C=O) groups is 2. The molecule has 104 valence electrons. The van der Waals surface area contributed by atoms with Gasteiger partial charge in [0, 0.05) is 10.9 Å². The van der Waals surface area contributed by atoms with Crippen LogP contribution in [0.3, 0.4) is 0 Å². The summed E-state index contributed by atoms with van der Waals surface area (Å²) in [7, 11) is 0. The van der Waals surface area contributed by atoms with E-state index >= 15 is 0 Å². The molecule has 0 saturated carbocycles. The van der Waals surface area contributed by atoms with Crippen molar-refractivity contribution in [3.63, 3.8) is 0 Å². The number of carbonyl (C=O) groups excluding carboxylic acids is 1. The number of hydrogen-bond acceptors (Lipinski definition) is 3. The first-order valence-electron chi connectivity index (χ1n) is 6.07. The van der Waals surface area contributed by atoms with E-state index in [1.54, 1.807) is 6.07 Å². The lowest BCUT2D eigenvalue weighted by atomic mass is 10.1. The molecule has 0 spiro atoms. The van der Waals surface area contributed by atoms with Crippen LogP contribution >= 0.6 is 15.9 Å². The summed E-state index contributed by atoms with van der Waals surface area (Å²) in [6.45, 7) is 0.643. The van der Waals surface area contributed by atoms with Gasteiger partial charge >= 0.3 is 5.97 Å². The van der Waals surface area contributed by atoms with Gasteiger partial charge < -0.3 is 16.2 Å². The normalized spacial score (nSPS) is 10.2. The maximum Gasteiger partial charge on any atom is 0.335 e. The Bertz CT molecular complexity index is 463. The lowest BCUT2D eigenvalue weighted by Gasteiger charge is -2.08. The predicted molar refractivity (Wildman–Crippen MR) is 77.3 cm³/mol. The summed E-state index contributed by atoms with van der Waals surface area (Å²) in [6.07, 6.45) is 3.09. The predicted octanol–water partition coefficient (Wildman–Crippen LogP) is 2.60. The third kappa shape index (κ3) is 5.40. The Morgan fingerprint density at radius 1 is 1.26 bits per heavy atom. The summed E-state index contributed by atoms with van der Waals surface area (Å²) in [5.41, 5.74) is 6.12. The standard InChI is InChI=1S/C13H17BrN2O3/c14-10-8-9(13(18)19)5-6-11(10)16-12(17)4-2-1-3-7-15/h5-6,8H,1-4,7,15H2,(H,16,17)(H,18,19). The highest BCUT2D eigenvalue weighted by molar-refractivity contribution is 9.10. The van der Waals surface area contributed by atoms with Gasteiger partial charge in [0.2, 0.25) is 5.91 Å². The van der Waals surface area contributed by atoms with Crippen molar-refractivity contribution in [1.82, 2.24) is 0 Å². The molecular formula is C13H17BrN2O3. The van der Waals surface area contributed by atoms with Crippen LogP contribution in [0.2, 0.25) is 0 Å². The van der Waals surface area contributed by atoms with Gasteiger partial charge in [-0.05, 0) is 53.5 Å². The highest BCUT2D eigenvalue weighted by Crippen LogP contribution is 2.24. The average molecular weight is 329 g/mol. The Morgan fingerprint density at radius 3 is 2.58 bits per heavy atom. The van der Waals surface area contributed by atoms with E-state index in [0.717, 1.165) is 19.3 Å². The van der Waals surface area contributed by atoms with Gasteiger partial charge in [0.25, 0.3) is 0 Å². The van der Waals surface area contributed by atoms with Crippen molar-refractivity contribution in [2.75, 3.05) is 11.9 Å². The van der Waals surface area contributed by atoms with Gasteiger partial charge in [-0.25, -0.2) is 4.79 Å². The summed E-state index contributed by atoms with van der Waals surface area (Å²) in [5, 5.41) is 11.6. The molecule has 0 atom stereocenters. The third-order valence-electron chi connectivity index (χ3n) is 2.60. The van der Waals surface area contributed by atoms with Crippen molar-refractivity contribution < 1.29 is 14.7 Å². The van der Waals surface area contributed by atoms with Gasteiger partial charge in [-0.15, -0.1) is 0 Å². The van der Waals surface area contributed by atoms with Gasteiger partial charge in [-0.3, -0.25) is 4.79 Å². The quantitative estimate of drug-likeness (QED) is 0.671. The van der Waals surface area contributed by atoms with Gasteiger partial charge in [-0.2, -0.15) is 0 Å². The number of amides is 1. The number of aromatic carboxylic acids is 1. The smallest absolute Gasteiger partial charge is 0.335 e. The Hall–Kier alpha value is -1.40. The molecule has 19 heavy (non-hydrogen) atoms. The van der Waals surface area contributed by atoms with E-state index in [1.807, 2.05) is 0 Å². The Morgan fingerprint density at radius 2 is 2.00 bits per heavy atom. The maximum absolute atomic E-state index is 11.7. The summed E-state index contributed by atoms with van der Waals surface area (Å²) in [5.74, 6) is -1.08. The number of carboxylic acids is 1. The van der Waals surface area contributed by atoms with Crippen molar-refractivity contribution >= 4 is 33.5 Å². The van der Waals surface area contributed by atoms with Crippen LogP contribution in [0.4, 0.5) is 5.69 Å². The van der Waals surface area contributed by atoms with E-state index in [4.69, 9.17) is 10.8 Å². The van der Waals surface area contributed by atoms with Crippen LogP contribution in [-0.4, -0.2) is 23.5 Å². The Labute approximate surface area is 120 Å². The van der Waals surface area contributed by atoms with Crippen LogP contribution in [0.1, 0.15) is 36.0 Å². The molecule has 0 radical (unpaired) electrons. The number of nitrogens with one attached hydrogen (secondary N) is 1. The van der Waals surface area contributed by atoms with Crippen LogP contribution in [0, 0.1) is 0 Å². The number of hydrogen-bond donors (Lipinski definition) is 3. The largest absolute Gasteiger partial charge is 0.478 e. The fraction of sp³-hybridized carbons (Fsp3) is 0.385. The molecule has 0 bridgehead atoms. The number of carboxylic acid groups (broad SMARTS) is 1. The maximum atomic E-state index is 11.7. The zero-order valence-corrected chi connectivity index (χ0v) is 12.1. The van der Waals surface area contributed by atoms with Crippen molar-refractivity contribution in [2.45, 2.75) is 25.7 Å². The van der Waals surface area contributed by atoms with Gasteiger partial charge in [0.05, 0.1) is 11.3 Å². The number of halogens is 1. The Kier molecular flexibility index (Phi) is 6.52. The molecule has 0 aromatic heterocycles. The summed E-state index contributed by atoms with van der Waals surface area (Å²) in [6, 6.07) is 4.49. The molecule has 5 nitrogen and oxygen atoms in total. The molecule has 1 aromatic carbocycles. The number of anilines is 1. The molecule has 6 heteroatoms. The van der Waals surface area contributed by atoms with Crippen LogP contribution < -0.4 is 11.1 Å². The van der Waals surface area contributed by atoms with Crippen LogP contribution in [-0.2, 0) is 4.79 Å². The van der Waals surface area contributed by atoms with E-state index in [2.05, 4.69) is 21.2 Å². The number of rotatable bonds is 7. The van der Waals surface area contributed by atoms with E-state index in [1.165, 1.54) is 12.1 Å². The van der Waals surface area contributed by atoms with E-state index < -0.39 is 5.97 Å². The molecule has 0 unspecified atom stereocenters. The molecule has 0 heterocycles. The first kappa shape index (κ1) is 15.7. The molecule has 0 aliphatic carbocycles. The summed E-state index contributed by atoms with van der Waals surface area (Å²) >= 11 is 3.24. The number of benzene rings is 1. The average Bonchev–Trinajstić information content (AvgIpc) is 2.37. The molecule has 0 aliphatic rings. The van der Waals surface area contributed by atoms with E-state index in [9.17, 15) is 9.59 Å². The molecule has 0 aliphatic heterocycles.